The number of thiocarbonyl (C=S) groups is 1. The lowest BCUT2D eigenvalue weighted by molar-refractivity contribution is -0.123. The van der Waals surface area contributed by atoms with Crippen molar-refractivity contribution in [2.45, 2.75) is 39.2 Å². The van der Waals surface area contributed by atoms with E-state index in [-0.39, 0.29) is 22.7 Å². The van der Waals surface area contributed by atoms with Gasteiger partial charge in [0.15, 0.2) is 10.7 Å². The van der Waals surface area contributed by atoms with E-state index in [2.05, 4.69) is 31.4 Å². The molecule has 4 aliphatic rings. The van der Waals surface area contributed by atoms with Crippen LogP contribution in [0.5, 0.6) is 0 Å². The van der Waals surface area contributed by atoms with Gasteiger partial charge in [-0.3, -0.25) is 4.79 Å². The Kier molecular flexibility index (Phi) is 2.47. The lowest BCUT2D eigenvalue weighted by atomic mass is 9.67. The molecule has 2 bridgehead atoms. The zero-order chi connectivity index (χ0) is 16.9. The molecule has 1 spiro atoms. The lowest BCUT2D eigenvalue weighted by Gasteiger charge is -2.44. The number of aliphatic imine (C=N–C) groups is 1. The molecule has 24 heavy (non-hydrogen) atoms. The Morgan fingerprint density at radius 1 is 1.25 bits per heavy atom. The van der Waals surface area contributed by atoms with Crippen LogP contribution in [0, 0.1) is 22.7 Å². The van der Waals surface area contributed by atoms with E-state index in [1.165, 1.54) is 0 Å². The van der Waals surface area contributed by atoms with Gasteiger partial charge in [-0.1, -0.05) is 39.0 Å². The molecule has 0 aromatic heterocycles. The highest BCUT2D eigenvalue weighted by Gasteiger charge is 2.72. The SMILES string of the molecule is CC12CCC(C3C1=NC(=S)NC31C(=O)Nc3ccccc31)C2(C)C. The Hall–Kier alpha value is -1.75. The van der Waals surface area contributed by atoms with Crippen molar-refractivity contribution < 1.29 is 4.79 Å². The molecule has 1 amide bonds. The summed E-state index contributed by atoms with van der Waals surface area (Å²) in [5, 5.41) is 6.86. The summed E-state index contributed by atoms with van der Waals surface area (Å²) in [7, 11) is 0. The van der Waals surface area contributed by atoms with Crippen molar-refractivity contribution in [3.63, 3.8) is 0 Å². The van der Waals surface area contributed by atoms with E-state index in [9.17, 15) is 4.79 Å². The molecular weight excluding hydrogens is 318 g/mol. The highest BCUT2D eigenvalue weighted by Crippen LogP contribution is 2.70. The molecule has 2 heterocycles. The summed E-state index contributed by atoms with van der Waals surface area (Å²) in [6.07, 6.45) is 2.26. The predicted octanol–water partition coefficient (Wildman–Crippen LogP) is 3.24. The van der Waals surface area contributed by atoms with Gasteiger partial charge in [0, 0.05) is 28.3 Å². The molecule has 2 saturated carbocycles. The first kappa shape index (κ1) is 14.6. The van der Waals surface area contributed by atoms with Crippen molar-refractivity contribution in [1.29, 1.82) is 0 Å². The number of hydrogen-bond acceptors (Lipinski definition) is 2. The van der Waals surface area contributed by atoms with Crippen molar-refractivity contribution >= 4 is 34.6 Å². The largest absolute Gasteiger partial charge is 0.342 e. The van der Waals surface area contributed by atoms with Crippen LogP contribution in [0.25, 0.3) is 0 Å². The Morgan fingerprint density at radius 2 is 2.00 bits per heavy atom. The van der Waals surface area contributed by atoms with E-state index >= 15 is 0 Å². The molecule has 5 rings (SSSR count). The predicted molar refractivity (Wildman–Crippen MR) is 98.0 cm³/mol. The van der Waals surface area contributed by atoms with Gasteiger partial charge in [-0.25, -0.2) is 4.99 Å². The van der Waals surface area contributed by atoms with Crippen LogP contribution in [0.4, 0.5) is 5.69 Å². The maximum atomic E-state index is 13.2. The number of amides is 1. The monoisotopic (exact) mass is 339 g/mol. The molecule has 1 aromatic rings. The first-order valence-corrected chi connectivity index (χ1v) is 9.05. The van der Waals surface area contributed by atoms with Gasteiger partial charge in [0.05, 0.1) is 0 Å². The second-order valence-electron chi connectivity index (χ2n) is 8.41. The highest BCUT2D eigenvalue weighted by molar-refractivity contribution is 7.80. The van der Waals surface area contributed by atoms with Gasteiger partial charge in [-0.2, -0.15) is 0 Å². The second-order valence-corrected chi connectivity index (χ2v) is 8.80. The van der Waals surface area contributed by atoms with Crippen LogP contribution in [0.3, 0.4) is 0 Å². The Labute approximate surface area is 147 Å². The van der Waals surface area contributed by atoms with Gasteiger partial charge in [0.2, 0.25) is 0 Å². The molecular formula is C19H21N3OS. The fourth-order valence-electron chi connectivity index (χ4n) is 5.91. The number of hydrogen-bond donors (Lipinski definition) is 2. The smallest absolute Gasteiger partial charge is 0.255 e. The summed E-state index contributed by atoms with van der Waals surface area (Å²) >= 11 is 5.48. The average molecular weight is 339 g/mol. The number of benzene rings is 1. The van der Waals surface area contributed by atoms with Gasteiger partial charge in [0.1, 0.15) is 0 Å². The summed E-state index contributed by atoms with van der Waals surface area (Å²) in [6, 6.07) is 7.97. The number of nitrogens with zero attached hydrogens (tertiary/aromatic N) is 1. The molecule has 2 aliphatic heterocycles. The van der Waals surface area contributed by atoms with E-state index in [0.29, 0.717) is 11.0 Å². The number of nitrogens with one attached hydrogen (secondary N) is 2. The highest BCUT2D eigenvalue weighted by atomic mass is 32.1. The number of rotatable bonds is 0. The quantitative estimate of drug-likeness (QED) is 0.714. The zero-order valence-corrected chi connectivity index (χ0v) is 15.0. The zero-order valence-electron chi connectivity index (χ0n) is 14.1. The van der Waals surface area contributed by atoms with E-state index in [4.69, 9.17) is 17.2 Å². The normalized spacial score (nSPS) is 40.9. The van der Waals surface area contributed by atoms with E-state index in [1.807, 2.05) is 24.3 Å². The maximum Gasteiger partial charge on any atom is 0.255 e. The molecule has 4 nitrogen and oxygen atoms in total. The third kappa shape index (κ3) is 1.33. The standard InChI is InChI=1S/C19H21N3OS/c1-17(2)11-8-9-18(17,3)14-13(11)19(22-16(24)21-14)10-6-4-5-7-12(10)20-15(19)23/h4-7,11,13H,8-9H2,1-3H3,(H,20,23)(H,22,24). The summed E-state index contributed by atoms with van der Waals surface area (Å²) in [5.41, 5.74) is 2.37. The number of anilines is 1. The topological polar surface area (TPSA) is 53.5 Å². The molecule has 0 saturated heterocycles. The van der Waals surface area contributed by atoms with Gasteiger partial charge < -0.3 is 10.6 Å². The Morgan fingerprint density at radius 3 is 2.79 bits per heavy atom. The maximum absolute atomic E-state index is 13.2. The first-order valence-electron chi connectivity index (χ1n) is 8.64. The summed E-state index contributed by atoms with van der Waals surface area (Å²) < 4.78 is 0. The van der Waals surface area contributed by atoms with Crippen LogP contribution in [0.15, 0.2) is 29.3 Å². The minimum absolute atomic E-state index is 0.00963. The van der Waals surface area contributed by atoms with Crippen LogP contribution < -0.4 is 10.6 Å². The second kappa shape index (κ2) is 4.07. The van der Waals surface area contributed by atoms with Crippen molar-refractivity contribution in [3.8, 4) is 0 Å². The van der Waals surface area contributed by atoms with Crippen LogP contribution in [-0.4, -0.2) is 16.7 Å². The summed E-state index contributed by atoms with van der Waals surface area (Å²) in [4.78, 5) is 18.0. The fraction of sp³-hybridized carbons (Fsp3) is 0.526. The average Bonchev–Trinajstić information content (AvgIpc) is 3.00. The van der Waals surface area contributed by atoms with Crippen LogP contribution in [0.1, 0.15) is 39.2 Å². The van der Waals surface area contributed by atoms with E-state index < -0.39 is 5.54 Å². The van der Waals surface area contributed by atoms with Gasteiger partial charge >= 0.3 is 0 Å². The Bertz CT molecular complexity index is 845. The van der Waals surface area contributed by atoms with Gasteiger partial charge in [0.25, 0.3) is 5.91 Å². The molecule has 4 atom stereocenters. The molecule has 2 N–H and O–H groups in total. The van der Waals surface area contributed by atoms with Gasteiger partial charge in [-0.05, 0) is 42.5 Å². The van der Waals surface area contributed by atoms with Crippen LogP contribution in [-0.2, 0) is 10.3 Å². The number of para-hydroxylation sites is 1. The van der Waals surface area contributed by atoms with Crippen molar-refractivity contribution in [3.05, 3.63) is 29.8 Å². The first-order chi connectivity index (χ1) is 11.3. The summed E-state index contributed by atoms with van der Waals surface area (Å²) in [5.74, 6) is 0.505. The minimum atomic E-state index is -0.801. The van der Waals surface area contributed by atoms with Crippen molar-refractivity contribution in [2.75, 3.05) is 5.32 Å². The molecule has 1 aromatic carbocycles. The fourth-order valence-corrected chi connectivity index (χ4v) is 6.17. The van der Waals surface area contributed by atoms with E-state index in [0.717, 1.165) is 29.8 Å². The molecule has 124 valence electrons. The minimum Gasteiger partial charge on any atom is -0.342 e. The third-order valence-corrected chi connectivity index (χ3v) is 7.71. The number of carbonyl (C=O) groups is 1. The molecule has 0 radical (unpaired) electrons. The van der Waals surface area contributed by atoms with Crippen LogP contribution in [0.2, 0.25) is 0 Å². The number of fused-ring (bicyclic) bond motifs is 8. The van der Waals surface area contributed by atoms with E-state index in [1.54, 1.807) is 0 Å². The molecule has 2 aliphatic carbocycles. The van der Waals surface area contributed by atoms with Crippen LogP contribution >= 0.6 is 12.2 Å². The number of carbonyl (C=O) groups excluding carboxylic acids is 1. The van der Waals surface area contributed by atoms with Gasteiger partial charge in [-0.15, -0.1) is 0 Å². The van der Waals surface area contributed by atoms with Crippen molar-refractivity contribution in [2.24, 2.45) is 27.7 Å². The Balaban J connectivity index is 1.81. The summed E-state index contributed by atoms with van der Waals surface area (Å²) in [6.45, 7) is 6.98. The lowest BCUT2D eigenvalue weighted by Crippen LogP contribution is -2.62. The molecule has 2 fully saturated rings. The third-order valence-electron chi connectivity index (χ3n) is 7.52. The molecule has 5 heteroatoms. The van der Waals surface area contributed by atoms with Crippen molar-refractivity contribution in [1.82, 2.24) is 5.32 Å². The molecule has 4 unspecified atom stereocenters.